The molecule has 0 radical (unpaired) electrons. The third kappa shape index (κ3) is 2.78. The lowest BCUT2D eigenvalue weighted by Crippen LogP contribution is -2.16. The number of rotatable bonds is 1. The van der Waals surface area contributed by atoms with Crippen LogP contribution in [0.4, 0.5) is 0 Å². The van der Waals surface area contributed by atoms with Gasteiger partial charge in [-0.25, -0.2) is 9.78 Å². The molecule has 0 spiro atoms. The Balaban J connectivity index is 3.23. The van der Waals surface area contributed by atoms with Crippen LogP contribution >= 0.6 is 0 Å². The second-order valence-corrected chi connectivity index (χ2v) is 4.66. The molecule has 0 aliphatic carbocycles. The minimum Gasteiger partial charge on any atom is -0.464 e. The van der Waals surface area contributed by atoms with E-state index >= 15 is 0 Å². The van der Waals surface area contributed by atoms with Gasteiger partial charge < -0.3 is 4.74 Å². The van der Waals surface area contributed by atoms with Crippen LogP contribution in [0.25, 0.3) is 0 Å². The molecule has 0 N–H and O–H groups in total. The summed E-state index contributed by atoms with van der Waals surface area (Å²) in [5.74, 6) is -0.385. The van der Waals surface area contributed by atoms with Crippen LogP contribution in [0.3, 0.4) is 0 Å². The lowest BCUT2D eigenvalue weighted by atomic mass is 9.90. The predicted octanol–water partition coefficient (Wildman–Crippen LogP) is 2.47. The summed E-state index contributed by atoms with van der Waals surface area (Å²) in [5, 5.41) is 0. The number of carbonyl (C=O) groups excluding carboxylic acids is 1. The average Bonchev–Trinajstić information content (AvgIpc) is 2.14. The lowest BCUT2D eigenvalue weighted by molar-refractivity contribution is 0.0593. The first kappa shape index (κ1) is 11.7. The summed E-state index contributed by atoms with van der Waals surface area (Å²) in [7, 11) is 1.36. The molecule has 0 saturated heterocycles. The quantitative estimate of drug-likeness (QED) is 0.664. The lowest BCUT2D eigenvalue weighted by Gasteiger charge is -2.18. The second kappa shape index (κ2) is 4.01. The van der Waals surface area contributed by atoms with E-state index in [1.807, 2.05) is 13.0 Å². The maximum atomic E-state index is 11.4. The summed E-state index contributed by atoms with van der Waals surface area (Å²) in [5.41, 5.74) is 2.25. The Morgan fingerprint density at radius 2 is 1.93 bits per heavy atom. The highest BCUT2D eigenvalue weighted by atomic mass is 16.5. The number of pyridine rings is 1. The molecular formula is C12H17NO2. The minimum absolute atomic E-state index is 0.0607. The molecule has 0 saturated carbocycles. The predicted molar refractivity (Wildman–Crippen MR) is 59.0 cm³/mol. The summed E-state index contributed by atoms with van der Waals surface area (Å²) in [4.78, 5) is 15.7. The zero-order valence-corrected chi connectivity index (χ0v) is 9.92. The van der Waals surface area contributed by atoms with Crippen molar-refractivity contribution in [3.63, 3.8) is 0 Å². The number of methoxy groups -OCH3 is 1. The molecule has 1 aromatic rings. The molecular weight excluding hydrogens is 190 g/mol. The van der Waals surface area contributed by atoms with Crippen molar-refractivity contribution >= 4 is 5.97 Å². The van der Waals surface area contributed by atoms with Gasteiger partial charge in [0.15, 0.2) is 0 Å². The third-order valence-corrected chi connectivity index (χ3v) is 2.13. The van der Waals surface area contributed by atoms with E-state index in [4.69, 9.17) is 0 Å². The Kier molecular flexibility index (Phi) is 3.12. The van der Waals surface area contributed by atoms with E-state index in [9.17, 15) is 4.79 Å². The van der Waals surface area contributed by atoms with Crippen molar-refractivity contribution in [1.82, 2.24) is 4.98 Å². The average molecular weight is 207 g/mol. The Hall–Kier alpha value is -1.38. The van der Waals surface area contributed by atoms with Crippen molar-refractivity contribution in [3.8, 4) is 0 Å². The molecule has 1 rings (SSSR count). The minimum atomic E-state index is -0.385. The van der Waals surface area contributed by atoms with Crippen LogP contribution in [0.2, 0.25) is 0 Å². The standard InChI is InChI=1S/C12H17NO2/c1-8-6-9(11(14)15-5)13-10(7-8)12(2,3)4/h6-7H,1-5H3. The van der Waals surface area contributed by atoms with Gasteiger partial charge in [0, 0.05) is 11.1 Å². The number of carbonyl (C=O) groups is 1. The second-order valence-electron chi connectivity index (χ2n) is 4.66. The fraction of sp³-hybridized carbons (Fsp3) is 0.500. The van der Waals surface area contributed by atoms with Gasteiger partial charge in [-0.05, 0) is 24.6 Å². The smallest absolute Gasteiger partial charge is 0.356 e. The van der Waals surface area contributed by atoms with Gasteiger partial charge in [0.05, 0.1) is 7.11 Å². The number of hydrogen-bond acceptors (Lipinski definition) is 3. The third-order valence-electron chi connectivity index (χ3n) is 2.13. The van der Waals surface area contributed by atoms with Crippen LogP contribution in [0.5, 0.6) is 0 Å². The van der Waals surface area contributed by atoms with Gasteiger partial charge in [0.1, 0.15) is 5.69 Å². The zero-order valence-electron chi connectivity index (χ0n) is 9.92. The Labute approximate surface area is 90.5 Å². The highest BCUT2D eigenvalue weighted by molar-refractivity contribution is 5.87. The van der Waals surface area contributed by atoms with Gasteiger partial charge in [-0.1, -0.05) is 20.8 Å². The van der Waals surface area contributed by atoms with E-state index in [1.165, 1.54) is 7.11 Å². The number of esters is 1. The Morgan fingerprint density at radius 1 is 1.33 bits per heavy atom. The zero-order chi connectivity index (χ0) is 11.6. The summed E-state index contributed by atoms with van der Waals surface area (Å²) in [6, 6.07) is 3.73. The van der Waals surface area contributed by atoms with Crippen LogP contribution in [-0.4, -0.2) is 18.1 Å². The molecule has 3 heteroatoms. The molecule has 0 unspecified atom stereocenters. The summed E-state index contributed by atoms with van der Waals surface area (Å²) >= 11 is 0. The van der Waals surface area contributed by atoms with Crippen molar-refractivity contribution in [1.29, 1.82) is 0 Å². The maximum Gasteiger partial charge on any atom is 0.356 e. The first-order valence-electron chi connectivity index (χ1n) is 4.92. The summed E-state index contributed by atoms with van der Waals surface area (Å²) in [6.07, 6.45) is 0. The number of aromatic nitrogens is 1. The first-order valence-corrected chi connectivity index (χ1v) is 4.92. The molecule has 1 heterocycles. The summed E-state index contributed by atoms with van der Waals surface area (Å²) < 4.78 is 4.66. The van der Waals surface area contributed by atoms with E-state index in [0.29, 0.717) is 5.69 Å². The van der Waals surface area contributed by atoms with E-state index in [2.05, 4.69) is 30.5 Å². The number of nitrogens with zero attached hydrogens (tertiary/aromatic N) is 1. The molecule has 1 aromatic heterocycles. The number of hydrogen-bond donors (Lipinski definition) is 0. The van der Waals surface area contributed by atoms with Crippen LogP contribution < -0.4 is 0 Å². The van der Waals surface area contributed by atoms with Crippen LogP contribution in [0.1, 0.15) is 42.5 Å². The molecule has 0 atom stereocenters. The molecule has 0 aromatic carbocycles. The molecule has 82 valence electrons. The molecule has 15 heavy (non-hydrogen) atoms. The fourth-order valence-electron chi connectivity index (χ4n) is 1.26. The van der Waals surface area contributed by atoms with E-state index in [-0.39, 0.29) is 11.4 Å². The van der Waals surface area contributed by atoms with E-state index in [0.717, 1.165) is 11.3 Å². The SMILES string of the molecule is COC(=O)c1cc(C)cc(C(C)(C)C)n1. The molecule has 0 amide bonds. The van der Waals surface area contributed by atoms with E-state index < -0.39 is 0 Å². The Morgan fingerprint density at radius 3 is 2.40 bits per heavy atom. The highest BCUT2D eigenvalue weighted by Crippen LogP contribution is 2.21. The van der Waals surface area contributed by atoms with E-state index in [1.54, 1.807) is 6.07 Å². The van der Waals surface area contributed by atoms with Crippen molar-refractivity contribution in [2.75, 3.05) is 7.11 Å². The monoisotopic (exact) mass is 207 g/mol. The van der Waals surface area contributed by atoms with Gasteiger partial charge in [0.25, 0.3) is 0 Å². The molecule has 0 aliphatic heterocycles. The van der Waals surface area contributed by atoms with Crippen molar-refractivity contribution < 1.29 is 9.53 Å². The number of aryl methyl sites for hydroxylation is 1. The van der Waals surface area contributed by atoms with Crippen molar-refractivity contribution in [2.24, 2.45) is 0 Å². The Bertz CT molecular complexity index is 378. The molecule has 0 aliphatic rings. The topological polar surface area (TPSA) is 39.2 Å². The normalized spacial score (nSPS) is 11.3. The number of ether oxygens (including phenoxy) is 1. The maximum absolute atomic E-state index is 11.4. The van der Waals surface area contributed by atoms with Gasteiger partial charge >= 0.3 is 5.97 Å². The highest BCUT2D eigenvalue weighted by Gasteiger charge is 2.18. The van der Waals surface area contributed by atoms with Crippen molar-refractivity contribution in [2.45, 2.75) is 33.1 Å². The largest absolute Gasteiger partial charge is 0.464 e. The fourth-order valence-corrected chi connectivity index (χ4v) is 1.26. The summed E-state index contributed by atoms with van der Waals surface area (Å²) in [6.45, 7) is 8.14. The molecule has 0 fully saturated rings. The van der Waals surface area contributed by atoms with Gasteiger partial charge in [-0.15, -0.1) is 0 Å². The first-order chi connectivity index (χ1) is 6.84. The van der Waals surface area contributed by atoms with Crippen molar-refractivity contribution in [3.05, 3.63) is 29.1 Å². The van der Waals surface area contributed by atoms with Crippen LogP contribution in [0.15, 0.2) is 12.1 Å². The van der Waals surface area contributed by atoms with Crippen LogP contribution in [-0.2, 0) is 10.2 Å². The van der Waals surface area contributed by atoms with Gasteiger partial charge in [0.2, 0.25) is 0 Å². The molecule has 3 nitrogen and oxygen atoms in total. The molecule has 0 bridgehead atoms. The van der Waals surface area contributed by atoms with Crippen LogP contribution in [0, 0.1) is 6.92 Å². The van der Waals surface area contributed by atoms with Gasteiger partial charge in [-0.2, -0.15) is 0 Å². The van der Waals surface area contributed by atoms with Gasteiger partial charge in [-0.3, -0.25) is 0 Å².